The summed E-state index contributed by atoms with van der Waals surface area (Å²) in [6, 6.07) is 11.0. The number of hydrogen-bond acceptors (Lipinski definition) is 2. The van der Waals surface area contributed by atoms with Crippen LogP contribution in [0, 0.1) is 0 Å². The van der Waals surface area contributed by atoms with Gasteiger partial charge < -0.3 is 5.32 Å². The summed E-state index contributed by atoms with van der Waals surface area (Å²) in [5.74, 6) is 0. The minimum absolute atomic E-state index is 0.497. The van der Waals surface area contributed by atoms with E-state index in [1.807, 2.05) is 6.07 Å². The Labute approximate surface area is 115 Å². The van der Waals surface area contributed by atoms with Crippen molar-refractivity contribution >= 4 is 27.3 Å². The van der Waals surface area contributed by atoms with Gasteiger partial charge in [0.15, 0.2) is 0 Å². The number of halogens is 1. The maximum Gasteiger partial charge on any atom is 0.0220 e. The van der Waals surface area contributed by atoms with Crippen LogP contribution in [-0.2, 0) is 13.0 Å². The Kier molecular flexibility index (Phi) is 4.77. The SMILES string of the molecule is CC(Cc1ccsc1)NCc1ccccc1Br. The molecule has 0 fully saturated rings. The molecule has 1 aromatic heterocycles. The Morgan fingerprint density at radius 3 is 2.82 bits per heavy atom. The van der Waals surface area contributed by atoms with E-state index in [0.29, 0.717) is 6.04 Å². The Bertz CT molecular complexity index is 453. The number of benzene rings is 1. The lowest BCUT2D eigenvalue weighted by molar-refractivity contribution is 0.545. The van der Waals surface area contributed by atoms with Crippen molar-refractivity contribution < 1.29 is 0 Å². The highest BCUT2D eigenvalue weighted by atomic mass is 79.9. The molecule has 1 heterocycles. The number of thiophene rings is 1. The fourth-order valence-electron chi connectivity index (χ4n) is 1.76. The van der Waals surface area contributed by atoms with Gasteiger partial charge in [0.2, 0.25) is 0 Å². The summed E-state index contributed by atoms with van der Waals surface area (Å²) < 4.78 is 1.18. The van der Waals surface area contributed by atoms with E-state index in [9.17, 15) is 0 Å². The second-order valence-corrected chi connectivity index (χ2v) is 5.84. The smallest absolute Gasteiger partial charge is 0.0220 e. The van der Waals surface area contributed by atoms with Gasteiger partial charge in [-0.15, -0.1) is 0 Å². The van der Waals surface area contributed by atoms with Crippen LogP contribution in [0.4, 0.5) is 0 Å². The Balaban J connectivity index is 1.84. The van der Waals surface area contributed by atoms with Gasteiger partial charge in [0.05, 0.1) is 0 Å². The van der Waals surface area contributed by atoms with Crippen LogP contribution in [0.15, 0.2) is 45.6 Å². The van der Waals surface area contributed by atoms with Gasteiger partial charge in [-0.1, -0.05) is 34.1 Å². The van der Waals surface area contributed by atoms with Crippen molar-refractivity contribution in [2.45, 2.75) is 25.9 Å². The fourth-order valence-corrected chi connectivity index (χ4v) is 2.87. The highest BCUT2D eigenvalue weighted by Crippen LogP contribution is 2.16. The van der Waals surface area contributed by atoms with E-state index >= 15 is 0 Å². The van der Waals surface area contributed by atoms with Crippen molar-refractivity contribution in [3.05, 3.63) is 56.7 Å². The van der Waals surface area contributed by atoms with Crippen LogP contribution >= 0.6 is 27.3 Å². The normalized spacial score (nSPS) is 12.6. The van der Waals surface area contributed by atoms with Crippen LogP contribution in [0.25, 0.3) is 0 Å². The second kappa shape index (κ2) is 6.34. The third-order valence-electron chi connectivity index (χ3n) is 2.72. The van der Waals surface area contributed by atoms with Crippen molar-refractivity contribution in [1.29, 1.82) is 0 Å². The molecule has 0 aliphatic rings. The molecule has 0 spiro atoms. The summed E-state index contributed by atoms with van der Waals surface area (Å²) in [6.07, 6.45) is 1.09. The van der Waals surface area contributed by atoms with Gasteiger partial charge >= 0.3 is 0 Å². The number of hydrogen-bond donors (Lipinski definition) is 1. The van der Waals surface area contributed by atoms with E-state index < -0.39 is 0 Å². The molecule has 0 saturated heterocycles. The zero-order valence-corrected chi connectivity index (χ0v) is 12.2. The monoisotopic (exact) mass is 309 g/mol. The minimum Gasteiger partial charge on any atom is -0.310 e. The van der Waals surface area contributed by atoms with Crippen molar-refractivity contribution in [1.82, 2.24) is 5.32 Å². The molecular weight excluding hydrogens is 294 g/mol. The first-order chi connectivity index (χ1) is 8.25. The molecule has 1 atom stereocenters. The van der Waals surface area contributed by atoms with Crippen molar-refractivity contribution in [2.24, 2.45) is 0 Å². The zero-order chi connectivity index (χ0) is 12.1. The van der Waals surface area contributed by atoms with Crippen LogP contribution in [0.5, 0.6) is 0 Å². The van der Waals surface area contributed by atoms with Crippen LogP contribution in [0.3, 0.4) is 0 Å². The van der Waals surface area contributed by atoms with E-state index in [1.54, 1.807) is 11.3 Å². The molecule has 1 nitrogen and oxygen atoms in total. The quantitative estimate of drug-likeness (QED) is 0.871. The van der Waals surface area contributed by atoms with E-state index in [1.165, 1.54) is 15.6 Å². The van der Waals surface area contributed by atoms with Crippen molar-refractivity contribution in [3.63, 3.8) is 0 Å². The van der Waals surface area contributed by atoms with Gasteiger partial charge in [-0.05, 0) is 47.4 Å². The lowest BCUT2D eigenvalue weighted by Crippen LogP contribution is -2.27. The van der Waals surface area contributed by atoms with Crippen molar-refractivity contribution in [3.8, 4) is 0 Å². The van der Waals surface area contributed by atoms with Gasteiger partial charge in [0, 0.05) is 17.1 Å². The average molecular weight is 310 g/mol. The first kappa shape index (κ1) is 12.8. The first-order valence-electron chi connectivity index (χ1n) is 5.73. The molecule has 0 amide bonds. The standard InChI is InChI=1S/C14H16BrNS/c1-11(8-12-6-7-17-10-12)16-9-13-4-2-3-5-14(13)15/h2-7,10-11,16H,8-9H2,1H3. The fraction of sp³-hybridized carbons (Fsp3) is 0.286. The third kappa shape index (κ3) is 3.95. The molecule has 0 radical (unpaired) electrons. The molecule has 0 saturated carbocycles. The van der Waals surface area contributed by atoms with Crippen LogP contribution < -0.4 is 5.32 Å². The molecule has 90 valence electrons. The van der Waals surface area contributed by atoms with Gasteiger partial charge in [0.1, 0.15) is 0 Å². The first-order valence-corrected chi connectivity index (χ1v) is 7.47. The molecule has 0 aliphatic carbocycles. The van der Waals surface area contributed by atoms with Gasteiger partial charge in [-0.25, -0.2) is 0 Å². The van der Waals surface area contributed by atoms with Gasteiger partial charge in [0.25, 0.3) is 0 Å². The molecule has 1 N–H and O–H groups in total. The molecule has 1 unspecified atom stereocenters. The molecule has 1 aromatic carbocycles. The van der Waals surface area contributed by atoms with E-state index in [-0.39, 0.29) is 0 Å². The Hall–Kier alpha value is -0.640. The summed E-state index contributed by atoms with van der Waals surface area (Å²) in [5.41, 5.74) is 2.73. The summed E-state index contributed by atoms with van der Waals surface area (Å²) in [4.78, 5) is 0. The largest absolute Gasteiger partial charge is 0.310 e. The minimum atomic E-state index is 0.497. The summed E-state index contributed by atoms with van der Waals surface area (Å²) in [6.45, 7) is 3.14. The molecule has 0 bridgehead atoms. The summed E-state index contributed by atoms with van der Waals surface area (Å²) in [5, 5.41) is 7.91. The number of rotatable bonds is 5. The molecule has 2 rings (SSSR count). The molecule has 17 heavy (non-hydrogen) atoms. The lowest BCUT2D eigenvalue weighted by atomic mass is 10.1. The summed E-state index contributed by atoms with van der Waals surface area (Å²) in [7, 11) is 0. The lowest BCUT2D eigenvalue weighted by Gasteiger charge is -2.13. The number of nitrogens with one attached hydrogen (secondary N) is 1. The third-order valence-corrected chi connectivity index (χ3v) is 4.23. The molecule has 3 heteroatoms. The molecule has 2 aromatic rings. The Morgan fingerprint density at radius 1 is 1.29 bits per heavy atom. The van der Waals surface area contributed by atoms with E-state index in [4.69, 9.17) is 0 Å². The van der Waals surface area contributed by atoms with Gasteiger partial charge in [-0.2, -0.15) is 11.3 Å². The predicted octanol–water partition coefficient (Wildman–Crippen LogP) is 4.23. The highest BCUT2D eigenvalue weighted by Gasteiger charge is 2.04. The maximum atomic E-state index is 3.57. The van der Waals surface area contributed by atoms with E-state index in [0.717, 1.165) is 13.0 Å². The predicted molar refractivity (Wildman–Crippen MR) is 78.5 cm³/mol. The topological polar surface area (TPSA) is 12.0 Å². The zero-order valence-electron chi connectivity index (χ0n) is 9.82. The highest BCUT2D eigenvalue weighted by molar-refractivity contribution is 9.10. The van der Waals surface area contributed by atoms with Crippen molar-refractivity contribution in [2.75, 3.05) is 0 Å². The van der Waals surface area contributed by atoms with Crippen LogP contribution in [0.1, 0.15) is 18.1 Å². The van der Waals surface area contributed by atoms with Crippen LogP contribution in [-0.4, -0.2) is 6.04 Å². The second-order valence-electron chi connectivity index (χ2n) is 4.21. The van der Waals surface area contributed by atoms with E-state index in [2.05, 4.69) is 63.2 Å². The Morgan fingerprint density at radius 2 is 2.12 bits per heavy atom. The van der Waals surface area contributed by atoms with Crippen LogP contribution in [0.2, 0.25) is 0 Å². The average Bonchev–Trinajstić information content (AvgIpc) is 2.81. The molecular formula is C14H16BrNS. The van der Waals surface area contributed by atoms with Gasteiger partial charge in [-0.3, -0.25) is 0 Å². The maximum absolute atomic E-state index is 3.57. The molecule has 0 aliphatic heterocycles. The summed E-state index contributed by atoms with van der Waals surface area (Å²) >= 11 is 5.33.